The van der Waals surface area contributed by atoms with E-state index in [9.17, 15) is 4.79 Å². The number of carbonyl (C=O) groups excluding carboxylic acids is 1. The molecular formula is C26H33N5O. The van der Waals surface area contributed by atoms with Crippen LogP contribution in [0.15, 0.2) is 42.6 Å². The maximum Gasteiger partial charge on any atom is 0.222 e. The predicted octanol–water partition coefficient (Wildman–Crippen LogP) is 5.04. The number of fused-ring (bicyclic) bond motifs is 1. The van der Waals surface area contributed by atoms with Crippen LogP contribution in [0.5, 0.6) is 0 Å². The minimum absolute atomic E-state index is 0.235. The topological polar surface area (TPSA) is 73.9 Å². The van der Waals surface area contributed by atoms with Gasteiger partial charge in [-0.05, 0) is 43.2 Å². The van der Waals surface area contributed by atoms with Crippen LogP contribution in [-0.2, 0) is 11.2 Å². The van der Waals surface area contributed by atoms with Crippen LogP contribution in [0.1, 0.15) is 68.5 Å². The van der Waals surface area contributed by atoms with Gasteiger partial charge in [-0.3, -0.25) is 9.89 Å². The lowest BCUT2D eigenvalue weighted by atomic mass is 9.89. The first-order valence-electron chi connectivity index (χ1n) is 12.2. The molecule has 1 saturated carbocycles. The van der Waals surface area contributed by atoms with E-state index in [4.69, 9.17) is 0 Å². The second kappa shape index (κ2) is 9.72. The first kappa shape index (κ1) is 21.0. The minimum atomic E-state index is 0.235. The van der Waals surface area contributed by atoms with Gasteiger partial charge in [-0.25, -0.2) is 4.98 Å². The molecule has 2 N–H and O–H groups in total. The number of aryl methyl sites for hydroxylation is 1. The zero-order valence-electron chi connectivity index (χ0n) is 18.7. The summed E-state index contributed by atoms with van der Waals surface area (Å²) >= 11 is 0. The Morgan fingerprint density at radius 3 is 2.59 bits per heavy atom. The average molecular weight is 432 g/mol. The minimum Gasteiger partial charge on any atom is -0.367 e. The van der Waals surface area contributed by atoms with Crippen molar-refractivity contribution >= 4 is 22.6 Å². The normalized spacial score (nSPS) is 18.2. The summed E-state index contributed by atoms with van der Waals surface area (Å²) in [7, 11) is 0. The summed E-state index contributed by atoms with van der Waals surface area (Å²) in [5.74, 6) is 1.71. The molecule has 3 heterocycles. The van der Waals surface area contributed by atoms with E-state index in [1.54, 1.807) is 0 Å². The number of nitrogens with one attached hydrogen (secondary N) is 2. The van der Waals surface area contributed by atoms with Gasteiger partial charge in [-0.1, -0.05) is 49.6 Å². The largest absolute Gasteiger partial charge is 0.367 e. The fourth-order valence-corrected chi connectivity index (χ4v) is 5.33. The van der Waals surface area contributed by atoms with Crippen LogP contribution in [-0.4, -0.2) is 45.1 Å². The molecule has 32 heavy (non-hydrogen) atoms. The molecule has 1 amide bonds. The molecule has 1 aromatic carbocycles. The van der Waals surface area contributed by atoms with E-state index in [2.05, 4.69) is 50.8 Å². The maximum atomic E-state index is 12.9. The van der Waals surface area contributed by atoms with Crippen molar-refractivity contribution in [2.45, 2.75) is 69.7 Å². The standard InChI is InChI=1S/C26H33N5O/c32-24(31-17-14-20(15-18-31)19-7-3-1-4-8-19)12-11-22-25-23(30-29-22)13-16-27-26(25)28-21-9-5-2-6-10-21/h1,3-4,7-8,13,16,20-21H,2,5-6,9-12,14-15,17-18H2,(H,27,28)(H,29,30). The van der Waals surface area contributed by atoms with Gasteiger partial charge in [-0.2, -0.15) is 5.10 Å². The van der Waals surface area contributed by atoms with Gasteiger partial charge in [0, 0.05) is 38.2 Å². The predicted molar refractivity (Wildman–Crippen MR) is 128 cm³/mol. The fourth-order valence-electron chi connectivity index (χ4n) is 5.33. The number of pyridine rings is 1. The summed E-state index contributed by atoms with van der Waals surface area (Å²) in [6.45, 7) is 1.69. The number of hydrogen-bond acceptors (Lipinski definition) is 4. The molecule has 2 aromatic heterocycles. The van der Waals surface area contributed by atoms with Crippen molar-refractivity contribution in [3.05, 3.63) is 53.9 Å². The molecule has 5 rings (SSSR count). The van der Waals surface area contributed by atoms with Gasteiger partial charge >= 0.3 is 0 Å². The molecule has 0 atom stereocenters. The number of amides is 1. The summed E-state index contributed by atoms with van der Waals surface area (Å²) < 4.78 is 0. The monoisotopic (exact) mass is 431 g/mol. The van der Waals surface area contributed by atoms with Gasteiger partial charge in [-0.15, -0.1) is 0 Å². The van der Waals surface area contributed by atoms with Gasteiger partial charge in [0.25, 0.3) is 0 Å². The number of rotatable bonds is 6. The number of piperidine rings is 1. The van der Waals surface area contributed by atoms with Crippen LogP contribution in [0.25, 0.3) is 10.9 Å². The van der Waals surface area contributed by atoms with Crippen molar-refractivity contribution < 1.29 is 4.79 Å². The van der Waals surface area contributed by atoms with Crippen LogP contribution in [0.4, 0.5) is 5.82 Å². The van der Waals surface area contributed by atoms with Crippen molar-refractivity contribution in [3.63, 3.8) is 0 Å². The Balaban J connectivity index is 1.20. The second-order valence-corrected chi connectivity index (χ2v) is 9.30. The molecule has 1 aliphatic carbocycles. The summed E-state index contributed by atoms with van der Waals surface area (Å²) in [6.07, 6.45) is 11.3. The van der Waals surface area contributed by atoms with E-state index >= 15 is 0 Å². The molecular weight excluding hydrogens is 398 g/mol. The van der Waals surface area contributed by atoms with E-state index < -0.39 is 0 Å². The van der Waals surface area contributed by atoms with E-state index in [-0.39, 0.29) is 5.91 Å². The number of nitrogens with zero attached hydrogens (tertiary/aromatic N) is 3. The van der Waals surface area contributed by atoms with Gasteiger partial charge in [0.2, 0.25) is 5.91 Å². The summed E-state index contributed by atoms with van der Waals surface area (Å²) in [4.78, 5) is 19.6. The van der Waals surface area contributed by atoms with Crippen LogP contribution >= 0.6 is 0 Å². The zero-order chi connectivity index (χ0) is 21.8. The van der Waals surface area contributed by atoms with Crippen molar-refractivity contribution in [1.29, 1.82) is 0 Å². The Hall–Kier alpha value is -2.89. The van der Waals surface area contributed by atoms with Crippen molar-refractivity contribution in [2.75, 3.05) is 18.4 Å². The lowest BCUT2D eigenvalue weighted by Crippen LogP contribution is -2.38. The number of anilines is 1. The van der Waals surface area contributed by atoms with Crippen LogP contribution in [0.3, 0.4) is 0 Å². The molecule has 6 heteroatoms. The van der Waals surface area contributed by atoms with E-state index in [1.807, 2.05) is 17.2 Å². The summed E-state index contributed by atoms with van der Waals surface area (Å²) in [5, 5.41) is 12.4. The van der Waals surface area contributed by atoms with Crippen molar-refractivity contribution in [3.8, 4) is 0 Å². The highest BCUT2D eigenvalue weighted by Crippen LogP contribution is 2.30. The summed E-state index contributed by atoms with van der Waals surface area (Å²) in [6, 6.07) is 13.1. The number of aromatic nitrogens is 3. The molecule has 0 bridgehead atoms. The molecule has 6 nitrogen and oxygen atoms in total. The molecule has 1 aliphatic heterocycles. The number of benzene rings is 1. The second-order valence-electron chi connectivity index (χ2n) is 9.30. The average Bonchev–Trinajstić information content (AvgIpc) is 3.28. The third-order valence-corrected chi connectivity index (χ3v) is 7.19. The molecule has 0 radical (unpaired) electrons. The fraction of sp³-hybridized carbons (Fsp3) is 0.500. The number of likely N-dealkylation sites (tertiary alicyclic amines) is 1. The van der Waals surface area contributed by atoms with Crippen LogP contribution < -0.4 is 5.32 Å². The Kier molecular flexibility index (Phi) is 6.37. The van der Waals surface area contributed by atoms with Crippen LogP contribution in [0, 0.1) is 0 Å². The third kappa shape index (κ3) is 4.64. The van der Waals surface area contributed by atoms with E-state index in [0.29, 0.717) is 24.8 Å². The van der Waals surface area contributed by atoms with Gasteiger partial charge in [0.1, 0.15) is 5.82 Å². The zero-order valence-corrected chi connectivity index (χ0v) is 18.7. The lowest BCUT2D eigenvalue weighted by Gasteiger charge is -2.32. The lowest BCUT2D eigenvalue weighted by molar-refractivity contribution is -0.132. The number of hydrogen-bond donors (Lipinski definition) is 2. The first-order valence-corrected chi connectivity index (χ1v) is 12.2. The number of H-pyrrole nitrogens is 1. The molecule has 0 spiro atoms. The Morgan fingerprint density at radius 2 is 1.81 bits per heavy atom. The van der Waals surface area contributed by atoms with E-state index in [0.717, 1.165) is 48.3 Å². The molecule has 168 valence electrons. The van der Waals surface area contributed by atoms with Gasteiger partial charge in [0.05, 0.1) is 16.6 Å². The van der Waals surface area contributed by atoms with Crippen molar-refractivity contribution in [1.82, 2.24) is 20.1 Å². The number of aromatic amines is 1. The Morgan fingerprint density at radius 1 is 1.03 bits per heavy atom. The molecule has 3 aromatic rings. The number of carbonyl (C=O) groups is 1. The highest BCUT2D eigenvalue weighted by atomic mass is 16.2. The molecule has 2 aliphatic rings. The Bertz CT molecular complexity index is 1030. The first-order chi connectivity index (χ1) is 15.8. The van der Waals surface area contributed by atoms with Gasteiger partial charge in [0.15, 0.2) is 0 Å². The quantitative estimate of drug-likeness (QED) is 0.573. The smallest absolute Gasteiger partial charge is 0.222 e. The maximum absolute atomic E-state index is 12.9. The Labute approximate surface area is 189 Å². The van der Waals surface area contributed by atoms with Crippen LogP contribution in [0.2, 0.25) is 0 Å². The third-order valence-electron chi connectivity index (χ3n) is 7.19. The molecule has 0 unspecified atom stereocenters. The van der Waals surface area contributed by atoms with E-state index in [1.165, 1.54) is 37.7 Å². The highest BCUT2D eigenvalue weighted by Gasteiger charge is 2.24. The highest BCUT2D eigenvalue weighted by molar-refractivity contribution is 5.92. The SMILES string of the molecule is O=C(CCc1n[nH]c2ccnc(NC3CCCCC3)c12)N1CCC(c2ccccc2)CC1. The molecule has 2 fully saturated rings. The molecule has 1 saturated heterocycles. The summed E-state index contributed by atoms with van der Waals surface area (Å²) in [5.41, 5.74) is 3.33. The van der Waals surface area contributed by atoms with Crippen molar-refractivity contribution in [2.24, 2.45) is 0 Å². The van der Waals surface area contributed by atoms with Gasteiger partial charge < -0.3 is 10.2 Å².